The van der Waals surface area contributed by atoms with Gasteiger partial charge in [0, 0.05) is 30.8 Å². The average Bonchev–Trinajstić information content (AvgIpc) is 2.77. The third-order valence-corrected chi connectivity index (χ3v) is 5.22. The fourth-order valence-electron chi connectivity index (χ4n) is 3.48. The lowest BCUT2D eigenvalue weighted by molar-refractivity contribution is 0.0734. The minimum Gasteiger partial charge on any atom is -0.493 e. The van der Waals surface area contributed by atoms with E-state index in [0.717, 1.165) is 24.8 Å². The molecule has 0 unspecified atom stereocenters. The summed E-state index contributed by atoms with van der Waals surface area (Å²) in [5.74, 6) is 1.23. The Labute approximate surface area is 171 Å². The van der Waals surface area contributed by atoms with E-state index in [4.69, 9.17) is 9.47 Å². The molecule has 1 aliphatic rings. The van der Waals surface area contributed by atoms with Crippen molar-refractivity contribution < 1.29 is 19.1 Å². The molecule has 2 amide bonds. The number of hydrogen-bond donors (Lipinski definition) is 1. The van der Waals surface area contributed by atoms with Crippen LogP contribution < -0.4 is 14.8 Å². The number of rotatable bonds is 7. The Kier molecular flexibility index (Phi) is 6.75. The topological polar surface area (TPSA) is 67.9 Å². The summed E-state index contributed by atoms with van der Waals surface area (Å²) in [4.78, 5) is 26.9. The van der Waals surface area contributed by atoms with Crippen molar-refractivity contribution in [2.45, 2.75) is 32.7 Å². The summed E-state index contributed by atoms with van der Waals surface area (Å²) in [6, 6.07) is 10.8. The zero-order chi connectivity index (χ0) is 20.8. The van der Waals surface area contributed by atoms with Crippen LogP contribution in [0.3, 0.4) is 0 Å². The van der Waals surface area contributed by atoms with E-state index in [1.165, 1.54) is 5.56 Å². The molecule has 0 spiro atoms. The molecule has 0 aromatic heterocycles. The minimum atomic E-state index is -0.106. The van der Waals surface area contributed by atoms with E-state index < -0.39 is 0 Å². The summed E-state index contributed by atoms with van der Waals surface area (Å²) < 4.78 is 10.8. The number of nitrogens with one attached hydrogen (secondary N) is 1. The maximum Gasteiger partial charge on any atom is 0.254 e. The van der Waals surface area contributed by atoms with Gasteiger partial charge in [0.2, 0.25) is 0 Å². The van der Waals surface area contributed by atoms with E-state index in [2.05, 4.69) is 12.2 Å². The SMILES string of the molecule is CCCCNC(=O)c1ccc(C(=O)N2CCc3cc(OC)c(OC)cc3C2)cc1. The van der Waals surface area contributed by atoms with E-state index >= 15 is 0 Å². The summed E-state index contributed by atoms with van der Waals surface area (Å²) in [5, 5.41) is 2.89. The van der Waals surface area contributed by atoms with Crippen molar-refractivity contribution in [2.75, 3.05) is 27.3 Å². The van der Waals surface area contributed by atoms with E-state index in [-0.39, 0.29) is 11.8 Å². The van der Waals surface area contributed by atoms with Gasteiger partial charge >= 0.3 is 0 Å². The zero-order valence-electron chi connectivity index (χ0n) is 17.3. The van der Waals surface area contributed by atoms with Crippen molar-refractivity contribution in [3.63, 3.8) is 0 Å². The number of methoxy groups -OCH3 is 2. The number of nitrogens with zero attached hydrogens (tertiary/aromatic N) is 1. The molecule has 6 nitrogen and oxygen atoms in total. The van der Waals surface area contributed by atoms with Gasteiger partial charge in [-0.2, -0.15) is 0 Å². The number of carbonyl (C=O) groups excluding carboxylic acids is 2. The Balaban J connectivity index is 1.69. The van der Waals surface area contributed by atoms with Gasteiger partial charge in [-0.25, -0.2) is 0 Å². The maximum atomic E-state index is 12.9. The summed E-state index contributed by atoms with van der Waals surface area (Å²) in [7, 11) is 3.23. The molecule has 0 bridgehead atoms. The molecule has 2 aromatic carbocycles. The molecule has 154 valence electrons. The van der Waals surface area contributed by atoms with Gasteiger partial charge in [0.15, 0.2) is 11.5 Å². The predicted molar refractivity (Wildman–Crippen MR) is 112 cm³/mol. The molecule has 0 saturated carbocycles. The highest BCUT2D eigenvalue weighted by Crippen LogP contribution is 2.33. The van der Waals surface area contributed by atoms with Gasteiger partial charge in [-0.3, -0.25) is 9.59 Å². The Morgan fingerprint density at radius 1 is 1.00 bits per heavy atom. The van der Waals surface area contributed by atoms with Crippen LogP contribution in [0.5, 0.6) is 11.5 Å². The monoisotopic (exact) mass is 396 g/mol. The lowest BCUT2D eigenvalue weighted by atomic mass is 9.98. The van der Waals surface area contributed by atoms with Gasteiger partial charge in [0.1, 0.15) is 0 Å². The van der Waals surface area contributed by atoms with Crippen molar-refractivity contribution in [2.24, 2.45) is 0 Å². The first-order valence-corrected chi connectivity index (χ1v) is 9.98. The third kappa shape index (κ3) is 4.70. The number of benzene rings is 2. The number of ether oxygens (including phenoxy) is 2. The van der Waals surface area contributed by atoms with Crippen LogP contribution in [0.2, 0.25) is 0 Å². The van der Waals surface area contributed by atoms with Crippen LogP contribution in [0.1, 0.15) is 51.6 Å². The second kappa shape index (κ2) is 9.45. The van der Waals surface area contributed by atoms with Gasteiger partial charge in [-0.15, -0.1) is 0 Å². The van der Waals surface area contributed by atoms with E-state index in [0.29, 0.717) is 42.3 Å². The normalized spacial score (nSPS) is 12.9. The smallest absolute Gasteiger partial charge is 0.254 e. The van der Waals surface area contributed by atoms with Crippen LogP contribution in [0.4, 0.5) is 0 Å². The van der Waals surface area contributed by atoms with Crippen LogP contribution in [-0.4, -0.2) is 44.0 Å². The third-order valence-electron chi connectivity index (χ3n) is 5.22. The molecule has 0 radical (unpaired) electrons. The number of fused-ring (bicyclic) bond motifs is 1. The molecule has 0 saturated heterocycles. The zero-order valence-corrected chi connectivity index (χ0v) is 17.3. The fraction of sp³-hybridized carbons (Fsp3) is 0.391. The minimum absolute atomic E-state index is 0.0385. The Morgan fingerprint density at radius 3 is 2.24 bits per heavy atom. The number of carbonyl (C=O) groups is 2. The van der Waals surface area contributed by atoms with Crippen LogP contribution in [0.15, 0.2) is 36.4 Å². The summed E-state index contributed by atoms with van der Waals surface area (Å²) in [6.07, 6.45) is 2.75. The summed E-state index contributed by atoms with van der Waals surface area (Å²) in [6.45, 7) is 3.91. The molecule has 1 heterocycles. The van der Waals surface area contributed by atoms with Crippen molar-refractivity contribution in [1.82, 2.24) is 10.2 Å². The average molecular weight is 396 g/mol. The second-order valence-electron chi connectivity index (χ2n) is 7.14. The van der Waals surface area contributed by atoms with E-state index in [9.17, 15) is 9.59 Å². The van der Waals surface area contributed by atoms with Gasteiger partial charge in [-0.1, -0.05) is 13.3 Å². The van der Waals surface area contributed by atoms with Gasteiger partial charge in [0.25, 0.3) is 11.8 Å². The first-order chi connectivity index (χ1) is 14.1. The van der Waals surface area contributed by atoms with Gasteiger partial charge < -0.3 is 19.7 Å². The highest BCUT2D eigenvalue weighted by atomic mass is 16.5. The Bertz CT molecular complexity index is 877. The number of unbranched alkanes of at least 4 members (excludes halogenated alkanes) is 1. The lowest BCUT2D eigenvalue weighted by Crippen LogP contribution is -2.36. The molecule has 6 heteroatoms. The molecular weight excluding hydrogens is 368 g/mol. The standard InChI is InChI=1S/C23H28N2O4/c1-4-5-11-24-22(26)16-6-8-17(9-7-16)23(27)25-12-10-18-13-20(28-2)21(29-3)14-19(18)15-25/h6-9,13-14H,4-5,10-12,15H2,1-3H3,(H,24,26). The van der Waals surface area contributed by atoms with Crippen LogP contribution in [0, 0.1) is 0 Å². The number of amides is 2. The molecular formula is C23H28N2O4. The van der Waals surface area contributed by atoms with Crippen LogP contribution >= 0.6 is 0 Å². The van der Waals surface area contributed by atoms with Gasteiger partial charge in [-0.05, 0) is 60.4 Å². The van der Waals surface area contributed by atoms with Crippen molar-refractivity contribution in [1.29, 1.82) is 0 Å². The lowest BCUT2D eigenvalue weighted by Gasteiger charge is -2.29. The molecule has 2 aromatic rings. The van der Waals surface area contributed by atoms with Crippen LogP contribution in [0.25, 0.3) is 0 Å². The van der Waals surface area contributed by atoms with Crippen molar-refractivity contribution in [3.8, 4) is 11.5 Å². The largest absolute Gasteiger partial charge is 0.493 e. The number of hydrogen-bond acceptors (Lipinski definition) is 4. The van der Waals surface area contributed by atoms with Crippen molar-refractivity contribution in [3.05, 3.63) is 58.7 Å². The molecule has 1 N–H and O–H groups in total. The van der Waals surface area contributed by atoms with Gasteiger partial charge in [0.05, 0.1) is 14.2 Å². The predicted octanol–water partition coefficient (Wildman–Crippen LogP) is 3.43. The Hall–Kier alpha value is -3.02. The summed E-state index contributed by atoms with van der Waals surface area (Å²) >= 11 is 0. The first kappa shape index (κ1) is 20.7. The fourth-order valence-corrected chi connectivity index (χ4v) is 3.48. The summed E-state index contributed by atoms with van der Waals surface area (Å²) in [5.41, 5.74) is 3.39. The van der Waals surface area contributed by atoms with E-state index in [1.54, 1.807) is 38.5 Å². The highest BCUT2D eigenvalue weighted by Gasteiger charge is 2.24. The molecule has 3 rings (SSSR count). The molecule has 29 heavy (non-hydrogen) atoms. The molecule has 1 aliphatic heterocycles. The second-order valence-corrected chi connectivity index (χ2v) is 7.14. The molecule has 0 fully saturated rings. The quantitative estimate of drug-likeness (QED) is 0.728. The van der Waals surface area contributed by atoms with Crippen LogP contribution in [-0.2, 0) is 13.0 Å². The molecule has 0 aliphatic carbocycles. The van der Waals surface area contributed by atoms with E-state index in [1.807, 2.05) is 17.0 Å². The first-order valence-electron chi connectivity index (χ1n) is 9.98. The van der Waals surface area contributed by atoms with Crippen molar-refractivity contribution >= 4 is 11.8 Å². The maximum absolute atomic E-state index is 12.9. The highest BCUT2D eigenvalue weighted by molar-refractivity contribution is 5.97. The molecule has 0 atom stereocenters. The Morgan fingerprint density at radius 2 is 1.62 bits per heavy atom.